The summed E-state index contributed by atoms with van der Waals surface area (Å²) < 4.78 is 37.7. The molecule has 0 saturated heterocycles. The maximum absolute atomic E-state index is 12.6. The Bertz CT molecular complexity index is 458. The summed E-state index contributed by atoms with van der Waals surface area (Å²) in [5.74, 6) is -0.617. The molecule has 20 heavy (non-hydrogen) atoms. The summed E-state index contributed by atoms with van der Waals surface area (Å²) in [4.78, 5) is 13.2. The van der Waals surface area contributed by atoms with Crippen LogP contribution < -0.4 is 5.32 Å². The topological polar surface area (TPSA) is 32.3 Å². The van der Waals surface area contributed by atoms with Gasteiger partial charge in [-0.15, -0.1) is 0 Å². The van der Waals surface area contributed by atoms with Gasteiger partial charge in [0, 0.05) is 18.3 Å². The van der Waals surface area contributed by atoms with Crippen LogP contribution in [0.25, 0.3) is 0 Å². The van der Waals surface area contributed by atoms with Crippen molar-refractivity contribution in [3.8, 4) is 0 Å². The highest BCUT2D eigenvalue weighted by atomic mass is 19.4. The lowest BCUT2D eigenvalue weighted by molar-refractivity contribution is -0.143. The lowest BCUT2D eigenvalue weighted by Gasteiger charge is -2.28. The standard InChI is InChI=1S/C14H19F3N2O/c1-4-18-12-8-6-5-7-11(12)13(20)19(10(2)3)9-14(15,16)17/h5-8,10,18H,4,9H2,1-3H3. The van der Waals surface area contributed by atoms with E-state index in [0.717, 1.165) is 4.90 Å². The Kier molecular flexibility index (Phi) is 5.42. The first-order chi connectivity index (χ1) is 9.26. The van der Waals surface area contributed by atoms with Gasteiger partial charge in [-0.3, -0.25) is 4.79 Å². The number of carbonyl (C=O) groups excluding carboxylic acids is 1. The van der Waals surface area contributed by atoms with Crippen LogP contribution in [0, 0.1) is 0 Å². The van der Waals surface area contributed by atoms with Crippen molar-refractivity contribution in [2.24, 2.45) is 0 Å². The van der Waals surface area contributed by atoms with Crippen molar-refractivity contribution in [3.05, 3.63) is 29.8 Å². The van der Waals surface area contributed by atoms with E-state index in [9.17, 15) is 18.0 Å². The minimum Gasteiger partial charge on any atom is -0.385 e. The molecule has 0 saturated carbocycles. The molecule has 112 valence electrons. The largest absolute Gasteiger partial charge is 0.406 e. The first-order valence-corrected chi connectivity index (χ1v) is 6.47. The highest BCUT2D eigenvalue weighted by Crippen LogP contribution is 2.23. The molecule has 0 aromatic heterocycles. The SMILES string of the molecule is CCNc1ccccc1C(=O)N(CC(F)(F)F)C(C)C. The molecule has 6 heteroatoms. The first-order valence-electron chi connectivity index (χ1n) is 6.47. The number of nitrogens with one attached hydrogen (secondary N) is 1. The molecule has 0 heterocycles. The normalized spacial score (nSPS) is 11.6. The summed E-state index contributed by atoms with van der Waals surface area (Å²) in [6.45, 7) is 4.34. The number of para-hydroxylation sites is 1. The molecule has 0 aliphatic rings. The minimum atomic E-state index is -4.41. The highest BCUT2D eigenvalue weighted by molar-refractivity contribution is 5.99. The average Bonchev–Trinajstić information content (AvgIpc) is 2.35. The number of benzene rings is 1. The second-order valence-electron chi connectivity index (χ2n) is 4.72. The third kappa shape index (κ3) is 4.43. The number of alkyl halides is 3. The Morgan fingerprint density at radius 3 is 2.40 bits per heavy atom. The Hall–Kier alpha value is -1.72. The van der Waals surface area contributed by atoms with Crippen LogP contribution in [-0.2, 0) is 0 Å². The van der Waals surface area contributed by atoms with E-state index < -0.39 is 24.7 Å². The zero-order chi connectivity index (χ0) is 15.3. The first kappa shape index (κ1) is 16.3. The minimum absolute atomic E-state index is 0.257. The van der Waals surface area contributed by atoms with E-state index in [1.54, 1.807) is 32.0 Å². The van der Waals surface area contributed by atoms with Crippen molar-refractivity contribution < 1.29 is 18.0 Å². The van der Waals surface area contributed by atoms with Crippen LogP contribution in [0.4, 0.5) is 18.9 Å². The van der Waals surface area contributed by atoms with Gasteiger partial charge in [0.25, 0.3) is 5.91 Å². The molecule has 0 radical (unpaired) electrons. The fourth-order valence-electron chi connectivity index (χ4n) is 1.85. The number of hydrogen-bond donors (Lipinski definition) is 1. The third-order valence-corrected chi connectivity index (χ3v) is 2.76. The van der Waals surface area contributed by atoms with Crippen LogP contribution in [-0.4, -0.2) is 36.1 Å². The predicted molar refractivity (Wildman–Crippen MR) is 72.8 cm³/mol. The molecule has 0 fully saturated rings. The van der Waals surface area contributed by atoms with Crippen LogP contribution >= 0.6 is 0 Å². The van der Waals surface area contributed by atoms with Gasteiger partial charge in [-0.2, -0.15) is 13.2 Å². The fraction of sp³-hybridized carbons (Fsp3) is 0.500. The van der Waals surface area contributed by atoms with Gasteiger partial charge in [0.05, 0.1) is 5.56 Å². The number of halogens is 3. The van der Waals surface area contributed by atoms with Crippen LogP contribution in [0.1, 0.15) is 31.1 Å². The fourth-order valence-corrected chi connectivity index (χ4v) is 1.85. The summed E-state index contributed by atoms with van der Waals surface area (Å²) in [6, 6.07) is 6.06. The smallest absolute Gasteiger partial charge is 0.385 e. The summed E-state index contributed by atoms with van der Waals surface area (Å²) in [5.41, 5.74) is 0.806. The van der Waals surface area contributed by atoms with Gasteiger partial charge in [-0.25, -0.2) is 0 Å². The van der Waals surface area contributed by atoms with Gasteiger partial charge >= 0.3 is 6.18 Å². The number of amides is 1. The molecule has 0 aliphatic heterocycles. The Morgan fingerprint density at radius 1 is 1.30 bits per heavy atom. The molecule has 1 N–H and O–H groups in total. The molecule has 0 atom stereocenters. The van der Waals surface area contributed by atoms with Gasteiger partial charge < -0.3 is 10.2 Å². The van der Waals surface area contributed by atoms with Crippen molar-refractivity contribution in [2.75, 3.05) is 18.4 Å². The van der Waals surface area contributed by atoms with Crippen molar-refractivity contribution in [1.82, 2.24) is 4.90 Å². The maximum atomic E-state index is 12.6. The third-order valence-electron chi connectivity index (χ3n) is 2.76. The Morgan fingerprint density at radius 2 is 1.90 bits per heavy atom. The van der Waals surface area contributed by atoms with E-state index in [4.69, 9.17) is 0 Å². The molecule has 1 amide bonds. The molecule has 1 rings (SSSR count). The summed E-state index contributed by atoms with van der Waals surface area (Å²) in [5, 5.41) is 2.98. The maximum Gasteiger partial charge on any atom is 0.406 e. The van der Waals surface area contributed by atoms with Crippen LogP contribution in [0.2, 0.25) is 0 Å². The van der Waals surface area contributed by atoms with Crippen molar-refractivity contribution in [2.45, 2.75) is 33.0 Å². The van der Waals surface area contributed by atoms with E-state index in [2.05, 4.69) is 5.32 Å². The van der Waals surface area contributed by atoms with Crippen LogP contribution in [0.3, 0.4) is 0 Å². The molecule has 0 unspecified atom stereocenters. The summed E-state index contributed by atoms with van der Waals surface area (Å²) >= 11 is 0. The van der Waals surface area contributed by atoms with Gasteiger partial charge in [0.1, 0.15) is 6.54 Å². The van der Waals surface area contributed by atoms with Crippen molar-refractivity contribution in [3.63, 3.8) is 0 Å². The number of anilines is 1. The van der Waals surface area contributed by atoms with Gasteiger partial charge in [0.2, 0.25) is 0 Å². The zero-order valence-electron chi connectivity index (χ0n) is 11.8. The van der Waals surface area contributed by atoms with Crippen LogP contribution in [0.5, 0.6) is 0 Å². The monoisotopic (exact) mass is 288 g/mol. The Labute approximate surface area is 116 Å². The van der Waals surface area contributed by atoms with E-state index in [0.29, 0.717) is 12.2 Å². The number of rotatable bonds is 5. The number of carbonyl (C=O) groups is 1. The lowest BCUT2D eigenvalue weighted by Crippen LogP contribution is -2.43. The summed E-state index contributed by atoms with van der Waals surface area (Å²) in [7, 11) is 0. The van der Waals surface area contributed by atoms with Gasteiger partial charge in [-0.1, -0.05) is 12.1 Å². The molecule has 0 spiro atoms. The second-order valence-corrected chi connectivity index (χ2v) is 4.72. The highest BCUT2D eigenvalue weighted by Gasteiger charge is 2.35. The number of nitrogens with zero attached hydrogens (tertiary/aromatic N) is 1. The van der Waals surface area contributed by atoms with E-state index in [1.807, 2.05) is 6.92 Å². The second kappa shape index (κ2) is 6.63. The lowest BCUT2D eigenvalue weighted by atomic mass is 10.1. The molecule has 0 bridgehead atoms. The quantitative estimate of drug-likeness (QED) is 0.899. The molecule has 1 aromatic carbocycles. The molecule has 0 aliphatic carbocycles. The van der Waals surface area contributed by atoms with Crippen molar-refractivity contribution in [1.29, 1.82) is 0 Å². The average molecular weight is 288 g/mol. The van der Waals surface area contributed by atoms with Gasteiger partial charge in [0.15, 0.2) is 0 Å². The van der Waals surface area contributed by atoms with Gasteiger partial charge in [-0.05, 0) is 32.9 Å². The van der Waals surface area contributed by atoms with Crippen LogP contribution in [0.15, 0.2) is 24.3 Å². The van der Waals surface area contributed by atoms with Crippen molar-refractivity contribution >= 4 is 11.6 Å². The van der Waals surface area contributed by atoms with E-state index in [-0.39, 0.29) is 5.56 Å². The molecular formula is C14H19F3N2O. The molecule has 1 aromatic rings. The molecule has 3 nitrogen and oxygen atoms in total. The number of hydrogen-bond acceptors (Lipinski definition) is 2. The van der Waals surface area contributed by atoms with E-state index in [1.165, 1.54) is 6.07 Å². The summed E-state index contributed by atoms with van der Waals surface area (Å²) in [6.07, 6.45) is -4.41. The zero-order valence-corrected chi connectivity index (χ0v) is 11.8. The predicted octanol–water partition coefficient (Wildman–Crippen LogP) is 3.53. The van der Waals surface area contributed by atoms with E-state index >= 15 is 0 Å². The Balaban J connectivity index is 3.07. The molecular weight excluding hydrogens is 269 g/mol.